The highest BCUT2D eigenvalue weighted by Gasteiger charge is 2.32. The molecule has 0 spiro atoms. The Kier molecular flexibility index (Phi) is 6.38. The van der Waals surface area contributed by atoms with Crippen molar-refractivity contribution in [3.05, 3.63) is 59.7 Å². The Labute approximate surface area is 147 Å². The first kappa shape index (κ1) is 18.8. The van der Waals surface area contributed by atoms with Crippen LogP contribution in [0.25, 0.3) is 0 Å². The Morgan fingerprint density at radius 2 is 1.76 bits per heavy atom. The Morgan fingerprint density at radius 3 is 2.40 bits per heavy atom. The molecular formula is C19H23NO5. The number of benzene rings is 2. The van der Waals surface area contributed by atoms with Crippen LogP contribution in [0.15, 0.2) is 48.5 Å². The number of amides is 1. The van der Waals surface area contributed by atoms with Gasteiger partial charge in [0.15, 0.2) is 17.1 Å². The first-order valence-corrected chi connectivity index (χ1v) is 7.90. The molecule has 2 aromatic rings. The van der Waals surface area contributed by atoms with E-state index in [-0.39, 0.29) is 6.61 Å². The van der Waals surface area contributed by atoms with Crippen molar-refractivity contribution in [3.8, 4) is 11.5 Å². The number of carbonyl (C=O) groups excluding carboxylic acids is 1. The van der Waals surface area contributed by atoms with Crippen LogP contribution in [0.3, 0.4) is 0 Å². The number of carbonyl (C=O) groups is 1. The van der Waals surface area contributed by atoms with Crippen LogP contribution in [0.1, 0.15) is 18.1 Å². The zero-order valence-corrected chi connectivity index (χ0v) is 14.6. The van der Waals surface area contributed by atoms with Gasteiger partial charge in [0.1, 0.15) is 0 Å². The molecule has 0 heterocycles. The second kappa shape index (κ2) is 8.50. The van der Waals surface area contributed by atoms with Crippen LogP contribution >= 0.6 is 0 Å². The third kappa shape index (κ3) is 4.71. The van der Waals surface area contributed by atoms with Crippen molar-refractivity contribution in [2.45, 2.75) is 18.9 Å². The highest BCUT2D eigenvalue weighted by molar-refractivity contribution is 5.84. The third-order valence-electron chi connectivity index (χ3n) is 3.88. The molecule has 0 aliphatic rings. The minimum atomic E-state index is -1.66. The summed E-state index contributed by atoms with van der Waals surface area (Å²) in [6, 6.07) is 14.3. The van der Waals surface area contributed by atoms with Crippen LogP contribution in [-0.4, -0.2) is 31.8 Å². The average molecular weight is 345 g/mol. The van der Waals surface area contributed by atoms with E-state index in [0.29, 0.717) is 23.5 Å². The fourth-order valence-electron chi connectivity index (χ4n) is 2.31. The normalized spacial score (nSPS) is 13.0. The number of ether oxygens (including phenoxy) is 2. The standard InChI is InChI=1S/C19H23NO5/c1-19(22,15-7-5-4-6-8-15)18(21)20-25-12-11-14-9-10-16(23-2)17(13-14)24-3/h4-10,13,22H,11-12H2,1-3H3,(H,20,21). The molecule has 1 amide bonds. The van der Waals surface area contributed by atoms with Gasteiger partial charge >= 0.3 is 0 Å². The lowest BCUT2D eigenvalue weighted by Gasteiger charge is -2.22. The summed E-state index contributed by atoms with van der Waals surface area (Å²) in [7, 11) is 3.15. The van der Waals surface area contributed by atoms with Crippen LogP contribution in [0.4, 0.5) is 0 Å². The lowest BCUT2D eigenvalue weighted by Crippen LogP contribution is -2.42. The average Bonchev–Trinajstić information content (AvgIpc) is 2.65. The van der Waals surface area contributed by atoms with E-state index < -0.39 is 11.5 Å². The van der Waals surface area contributed by atoms with Crippen molar-refractivity contribution in [3.63, 3.8) is 0 Å². The largest absolute Gasteiger partial charge is 0.493 e. The highest BCUT2D eigenvalue weighted by atomic mass is 16.7. The topological polar surface area (TPSA) is 77.0 Å². The maximum absolute atomic E-state index is 12.1. The second-order valence-corrected chi connectivity index (χ2v) is 5.66. The molecule has 6 nitrogen and oxygen atoms in total. The third-order valence-corrected chi connectivity index (χ3v) is 3.88. The van der Waals surface area contributed by atoms with Crippen LogP contribution in [0, 0.1) is 0 Å². The summed E-state index contributed by atoms with van der Waals surface area (Å²) in [5.41, 5.74) is 2.11. The van der Waals surface area contributed by atoms with Gasteiger partial charge in [-0.05, 0) is 36.6 Å². The minimum Gasteiger partial charge on any atom is -0.493 e. The van der Waals surface area contributed by atoms with Gasteiger partial charge in [-0.15, -0.1) is 0 Å². The molecule has 0 aliphatic heterocycles. The number of hydroxylamine groups is 1. The van der Waals surface area contributed by atoms with E-state index >= 15 is 0 Å². The molecule has 2 rings (SSSR count). The summed E-state index contributed by atoms with van der Waals surface area (Å²) < 4.78 is 10.4. The molecule has 0 fully saturated rings. The van der Waals surface area contributed by atoms with Crippen LogP contribution in [0.2, 0.25) is 0 Å². The molecule has 0 aliphatic carbocycles. The molecule has 134 valence electrons. The lowest BCUT2D eigenvalue weighted by molar-refractivity contribution is -0.152. The van der Waals surface area contributed by atoms with Gasteiger partial charge in [-0.2, -0.15) is 0 Å². The smallest absolute Gasteiger partial charge is 0.279 e. The maximum atomic E-state index is 12.1. The molecule has 2 N–H and O–H groups in total. The highest BCUT2D eigenvalue weighted by Crippen LogP contribution is 2.27. The van der Waals surface area contributed by atoms with Crippen molar-refractivity contribution in [2.75, 3.05) is 20.8 Å². The fraction of sp³-hybridized carbons (Fsp3) is 0.316. The predicted molar refractivity (Wildman–Crippen MR) is 93.4 cm³/mol. The van der Waals surface area contributed by atoms with E-state index in [2.05, 4.69) is 5.48 Å². The molecule has 0 saturated heterocycles. The number of nitrogens with one attached hydrogen (secondary N) is 1. The molecule has 0 saturated carbocycles. The Morgan fingerprint density at radius 1 is 1.08 bits per heavy atom. The van der Waals surface area contributed by atoms with Crippen molar-refractivity contribution in [1.29, 1.82) is 0 Å². The van der Waals surface area contributed by atoms with Gasteiger partial charge < -0.3 is 14.6 Å². The van der Waals surface area contributed by atoms with Gasteiger partial charge in [0.2, 0.25) is 0 Å². The first-order chi connectivity index (χ1) is 12.0. The molecular weight excluding hydrogens is 322 g/mol. The molecule has 0 aromatic heterocycles. The van der Waals surface area contributed by atoms with Gasteiger partial charge in [0.25, 0.3) is 5.91 Å². The zero-order valence-electron chi connectivity index (χ0n) is 14.6. The van der Waals surface area contributed by atoms with Crippen LogP contribution in [0.5, 0.6) is 11.5 Å². The van der Waals surface area contributed by atoms with E-state index in [4.69, 9.17) is 14.3 Å². The van der Waals surface area contributed by atoms with Crippen molar-refractivity contribution in [2.24, 2.45) is 0 Å². The monoisotopic (exact) mass is 345 g/mol. The first-order valence-electron chi connectivity index (χ1n) is 7.90. The minimum absolute atomic E-state index is 0.256. The van der Waals surface area contributed by atoms with E-state index in [1.165, 1.54) is 6.92 Å². The number of hydrogen-bond donors (Lipinski definition) is 2. The molecule has 1 unspecified atom stereocenters. The summed E-state index contributed by atoms with van der Waals surface area (Å²) >= 11 is 0. The summed E-state index contributed by atoms with van der Waals surface area (Å²) in [4.78, 5) is 17.3. The van der Waals surface area contributed by atoms with E-state index in [9.17, 15) is 9.90 Å². The van der Waals surface area contributed by atoms with Crippen LogP contribution < -0.4 is 15.0 Å². The molecule has 6 heteroatoms. The van der Waals surface area contributed by atoms with Crippen LogP contribution in [-0.2, 0) is 21.7 Å². The zero-order chi connectivity index (χ0) is 18.3. The van der Waals surface area contributed by atoms with Crippen molar-refractivity contribution in [1.82, 2.24) is 5.48 Å². The van der Waals surface area contributed by atoms with Gasteiger partial charge in [0, 0.05) is 0 Å². The summed E-state index contributed by atoms with van der Waals surface area (Å²) in [6.07, 6.45) is 0.564. The number of rotatable bonds is 8. The van der Waals surface area contributed by atoms with Gasteiger partial charge in [-0.25, -0.2) is 5.48 Å². The van der Waals surface area contributed by atoms with E-state index in [1.807, 2.05) is 24.3 Å². The molecule has 25 heavy (non-hydrogen) atoms. The summed E-state index contributed by atoms with van der Waals surface area (Å²) in [6.45, 7) is 1.68. The van der Waals surface area contributed by atoms with Gasteiger partial charge in [-0.1, -0.05) is 36.4 Å². The second-order valence-electron chi connectivity index (χ2n) is 5.66. The summed E-state index contributed by atoms with van der Waals surface area (Å²) in [5, 5.41) is 10.4. The van der Waals surface area contributed by atoms with E-state index in [0.717, 1.165) is 5.56 Å². The van der Waals surface area contributed by atoms with Crippen molar-refractivity contribution < 1.29 is 24.2 Å². The Hall–Kier alpha value is -2.57. The quantitative estimate of drug-likeness (QED) is 0.567. The molecule has 0 bridgehead atoms. The summed E-state index contributed by atoms with van der Waals surface area (Å²) in [5.74, 6) is 0.668. The van der Waals surface area contributed by atoms with Crippen molar-refractivity contribution >= 4 is 5.91 Å². The molecule has 1 atom stereocenters. The lowest BCUT2D eigenvalue weighted by atomic mass is 9.96. The Balaban J connectivity index is 1.86. The number of methoxy groups -OCH3 is 2. The van der Waals surface area contributed by atoms with Gasteiger partial charge in [0.05, 0.1) is 20.8 Å². The fourth-order valence-corrected chi connectivity index (χ4v) is 2.31. The number of aliphatic hydroxyl groups is 1. The predicted octanol–water partition coefficient (Wildman–Crippen LogP) is 2.20. The van der Waals surface area contributed by atoms with E-state index in [1.54, 1.807) is 38.5 Å². The Bertz CT molecular complexity index is 700. The molecule has 2 aromatic carbocycles. The number of hydrogen-bond acceptors (Lipinski definition) is 5. The maximum Gasteiger partial charge on any atom is 0.279 e. The van der Waals surface area contributed by atoms with Gasteiger partial charge in [-0.3, -0.25) is 9.63 Å². The molecule has 0 radical (unpaired) electrons. The SMILES string of the molecule is COc1ccc(CCONC(=O)C(C)(O)c2ccccc2)cc1OC.